The summed E-state index contributed by atoms with van der Waals surface area (Å²) in [5, 5.41) is 3.41. The van der Waals surface area contributed by atoms with Gasteiger partial charge in [0, 0.05) is 37.2 Å². The van der Waals surface area contributed by atoms with Crippen LogP contribution < -0.4 is 5.32 Å². The van der Waals surface area contributed by atoms with Gasteiger partial charge in [0.2, 0.25) is 5.91 Å². The van der Waals surface area contributed by atoms with Crippen LogP contribution in [-0.4, -0.2) is 29.9 Å². The topological polar surface area (TPSA) is 32.3 Å². The number of benzene rings is 1. The fraction of sp³-hybridized carbons (Fsp3) is 0.588. The highest BCUT2D eigenvalue weighted by Crippen LogP contribution is 2.34. The normalized spacial score (nSPS) is 28.9. The fourth-order valence-electron chi connectivity index (χ4n) is 3.55. The largest absolute Gasteiger partial charge is 0.384 e. The second-order valence-corrected chi connectivity index (χ2v) is 6.32. The molecule has 3 unspecified atom stereocenters. The Morgan fingerprint density at radius 3 is 3.00 bits per heavy atom. The van der Waals surface area contributed by atoms with Crippen molar-refractivity contribution >= 4 is 11.6 Å². The first-order valence-corrected chi connectivity index (χ1v) is 7.79. The van der Waals surface area contributed by atoms with Crippen LogP contribution in [0.4, 0.5) is 5.69 Å². The van der Waals surface area contributed by atoms with E-state index >= 15 is 0 Å². The summed E-state index contributed by atoms with van der Waals surface area (Å²) in [6.07, 6.45) is 3.04. The number of nitrogens with one attached hydrogen (secondary N) is 1. The van der Waals surface area contributed by atoms with E-state index in [4.69, 9.17) is 0 Å². The smallest absolute Gasteiger partial charge is 0.223 e. The Labute approximate surface area is 121 Å². The van der Waals surface area contributed by atoms with Gasteiger partial charge in [-0.15, -0.1) is 0 Å². The van der Waals surface area contributed by atoms with Gasteiger partial charge >= 0.3 is 0 Å². The molecule has 3 heteroatoms. The number of carbonyl (C=O) groups is 1. The summed E-state index contributed by atoms with van der Waals surface area (Å²) in [6.45, 7) is 6.29. The number of amides is 1. The van der Waals surface area contributed by atoms with Gasteiger partial charge in [-0.05, 0) is 37.3 Å². The molecule has 1 saturated heterocycles. The molecule has 1 aromatic carbocycles. The van der Waals surface area contributed by atoms with Crippen molar-refractivity contribution < 1.29 is 4.79 Å². The highest BCUT2D eigenvalue weighted by molar-refractivity contribution is 5.78. The van der Waals surface area contributed by atoms with Crippen molar-refractivity contribution in [3.05, 3.63) is 29.8 Å². The van der Waals surface area contributed by atoms with Crippen LogP contribution in [0.3, 0.4) is 0 Å². The molecule has 2 heterocycles. The van der Waals surface area contributed by atoms with Crippen molar-refractivity contribution in [2.75, 3.05) is 18.4 Å². The first kappa shape index (κ1) is 13.5. The number of likely N-dealkylation sites (tertiary alicyclic amines) is 1. The van der Waals surface area contributed by atoms with Crippen molar-refractivity contribution in [3.63, 3.8) is 0 Å². The molecule has 1 amide bonds. The molecule has 3 rings (SSSR count). The van der Waals surface area contributed by atoms with E-state index in [1.165, 1.54) is 17.7 Å². The van der Waals surface area contributed by atoms with Crippen LogP contribution in [0.2, 0.25) is 0 Å². The SMILES string of the molecule is CC1CCCN(C(=O)CC2CNc3ccccc32)C1C. The summed E-state index contributed by atoms with van der Waals surface area (Å²) in [5.74, 6) is 1.29. The Morgan fingerprint density at radius 1 is 1.35 bits per heavy atom. The zero-order chi connectivity index (χ0) is 14.1. The fourth-order valence-corrected chi connectivity index (χ4v) is 3.55. The molecule has 3 atom stereocenters. The molecule has 0 radical (unpaired) electrons. The molecule has 0 spiro atoms. The lowest BCUT2D eigenvalue weighted by Gasteiger charge is -2.38. The van der Waals surface area contributed by atoms with Crippen LogP contribution in [-0.2, 0) is 4.79 Å². The standard InChI is InChI=1S/C17H24N2O/c1-12-6-5-9-19(13(12)2)17(20)10-14-11-18-16-8-4-3-7-15(14)16/h3-4,7-8,12-14,18H,5-6,9-11H2,1-2H3. The summed E-state index contributed by atoms with van der Waals surface area (Å²) < 4.78 is 0. The van der Waals surface area contributed by atoms with E-state index in [1.807, 2.05) is 6.07 Å². The third kappa shape index (κ3) is 2.41. The lowest BCUT2D eigenvalue weighted by atomic mass is 9.90. The van der Waals surface area contributed by atoms with E-state index in [0.717, 1.165) is 19.5 Å². The van der Waals surface area contributed by atoms with E-state index in [0.29, 0.717) is 30.2 Å². The average molecular weight is 272 g/mol. The predicted octanol–water partition coefficient (Wildman–Crippen LogP) is 3.23. The highest BCUT2D eigenvalue weighted by atomic mass is 16.2. The lowest BCUT2D eigenvalue weighted by Crippen LogP contribution is -2.46. The summed E-state index contributed by atoms with van der Waals surface area (Å²) >= 11 is 0. The number of rotatable bonds is 2. The van der Waals surface area contributed by atoms with Gasteiger partial charge in [-0.1, -0.05) is 25.1 Å². The maximum absolute atomic E-state index is 12.6. The van der Waals surface area contributed by atoms with E-state index in [-0.39, 0.29) is 0 Å². The average Bonchev–Trinajstić information content (AvgIpc) is 2.85. The zero-order valence-electron chi connectivity index (χ0n) is 12.4. The van der Waals surface area contributed by atoms with Gasteiger partial charge in [0.1, 0.15) is 0 Å². The number of hydrogen-bond acceptors (Lipinski definition) is 2. The van der Waals surface area contributed by atoms with Crippen molar-refractivity contribution in [2.45, 2.75) is 45.1 Å². The molecular weight excluding hydrogens is 248 g/mol. The first-order chi connectivity index (χ1) is 9.66. The lowest BCUT2D eigenvalue weighted by molar-refractivity contribution is -0.136. The summed E-state index contributed by atoms with van der Waals surface area (Å²) in [6, 6.07) is 8.75. The van der Waals surface area contributed by atoms with Gasteiger partial charge in [-0.2, -0.15) is 0 Å². The molecule has 20 heavy (non-hydrogen) atoms. The van der Waals surface area contributed by atoms with Crippen LogP contribution in [0.15, 0.2) is 24.3 Å². The van der Waals surface area contributed by atoms with Crippen molar-refractivity contribution in [2.24, 2.45) is 5.92 Å². The van der Waals surface area contributed by atoms with Crippen LogP contribution in [0.1, 0.15) is 44.6 Å². The molecule has 1 aromatic rings. The summed E-state index contributed by atoms with van der Waals surface area (Å²) in [7, 11) is 0. The zero-order valence-corrected chi connectivity index (χ0v) is 12.4. The van der Waals surface area contributed by atoms with Gasteiger partial charge in [0.15, 0.2) is 0 Å². The third-order valence-electron chi connectivity index (χ3n) is 5.05. The summed E-state index contributed by atoms with van der Waals surface area (Å²) in [5.41, 5.74) is 2.50. The molecule has 1 N–H and O–H groups in total. The molecule has 0 bridgehead atoms. The molecule has 0 aromatic heterocycles. The van der Waals surface area contributed by atoms with E-state index in [9.17, 15) is 4.79 Å². The molecule has 2 aliphatic rings. The number of fused-ring (bicyclic) bond motifs is 1. The van der Waals surface area contributed by atoms with Gasteiger partial charge in [-0.3, -0.25) is 4.79 Å². The number of anilines is 1. The predicted molar refractivity (Wildman–Crippen MR) is 81.9 cm³/mol. The molecule has 0 aliphatic carbocycles. The Kier molecular flexibility index (Phi) is 3.68. The molecule has 0 saturated carbocycles. The van der Waals surface area contributed by atoms with E-state index in [1.54, 1.807) is 0 Å². The molecule has 1 fully saturated rings. The third-order valence-corrected chi connectivity index (χ3v) is 5.05. The minimum Gasteiger partial charge on any atom is -0.384 e. The second kappa shape index (κ2) is 5.47. The number of hydrogen-bond donors (Lipinski definition) is 1. The molecule has 3 nitrogen and oxygen atoms in total. The molecular formula is C17H24N2O. The van der Waals surface area contributed by atoms with E-state index < -0.39 is 0 Å². The van der Waals surface area contributed by atoms with Crippen molar-refractivity contribution in [1.29, 1.82) is 0 Å². The first-order valence-electron chi connectivity index (χ1n) is 7.79. The Bertz CT molecular complexity index is 500. The second-order valence-electron chi connectivity index (χ2n) is 6.32. The van der Waals surface area contributed by atoms with Gasteiger partial charge in [0.05, 0.1) is 0 Å². The van der Waals surface area contributed by atoms with Crippen LogP contribution in [0.25, 0.3) is 0 Å². The van der Waals surface area contributed by atoms with Gasteiger partial charge in [0.25, 0.3) is 0 Å². The number of para-hydroxylation sites is 1. The number of piperidine rings is 1. The minimum atomic E-state index is 0.326. The van der Waals surface area contributed by atoms with Crippen LogP contribution in [0.5, 0.6) is 0 Å². The number of carbonyl (C=O) groups excluding carboxylic acids is 1. The van der Waals surface area contributed by atoms with Crippen molar-refractivity contribution in [1.82, 2.24) is 4.90 Å². The molecule has 2 aliphatic heterocycles. The maximum Gasteiger partial charge on any atom is 0.223 e. The van der Waals surface area contributed by atoms with Gasteiger partial charge < -0.3 is 10.2 Å². The monoisotopic (exact) mass is 272 g/mol. The molecule has 108 valence electrons. The van der Waals surface area contributed by atoms with Gasteiger partial charge in [-0.25, -0.2) is 0 Å². The minimum absolute atomic E-state index is 0.326. The Hall–Kier alpha value is -1.51. The maximum atomic E-state index is 12.6. The number of nitrogens with zero attached hydrogens (tertiary/aromatic N) is 1. The Balaban J connectivity index is 1.68. The highest BCUT2D eigenvalue weighted by Gasteiger charge is 2.31. The quantitative estimate of drug-likeness (QED) is 0.896. The van der Waals surface area contributed by atoms with Crippen molar-refractivity contribution in [3.8, 4) is 0 Å². The van der Waals surface area contributed by atoms with Crippen LogP contribution in [0, 0.1) is 5.92 Å². The Morgan fingerprint density at radius 2 is 2.15 bits per heavy atom. The van der Waals surface area contributed by atoms with Crippen LogP contribution >= 0.6 is 0 Å². The van der Waals surface area contributed by atoms with E-state index in [2.05, 4.69) is 42.3 Å². The summed E-state index contributed by atoms with van der Waals surface area (Å²) in [4.78, 5) is 14.7.